The second kappa shape index (κ2) is 5.97. The molecule has 0 fully saturated rings. The molecule has 0 amide bonds. The standard InChI is InChI=1S/C12H17NO4S/c1-9-3-5-11(6-4-9)18(15,16)8-7-17-12(14)10(2)13/h3-6,10H,7-8,13H2,1-2H3. The topological polar surface area (TPSA) is 86.5 Å². The molecule has 18 heavy (non-hydrogen) atoms. The second-order valence-electron chi connectivity index (χ2n) is 4.09. The van der Waals surface area contributed by atoms with Crippen molar-refractivity contribution in [2.75, 3.05) is 12.4 Å². The van der Waals surface area contributed by atoms with Gasteiger partial charge in [0.25, 0.3) is 0 Å². The van der Waals surface area contributed by atoms with Gasteiger partial charge >= 0.3 is 5.97 Å². The fourth-order valence-corrected chi connectivity index (χ4v) is 2.34. The lowest BCUT2D eigenvalue weighted by molar-refractivity contribution is -0.144. The minimum atomic E-state index is -3.42. The van der Waals surface area contributed by atoms with E-state index in [0.29, 0.717) is 0 Å². The number of rotatable bonds is 5. The fourth-order valence-electron chi connectivity index (χ4n) is 1.25. The van der Waals surface area contributed by atoms with Gasteiger partial charge in [-0.3, -0.25) is 4.79 Å². The van der Waals surface area contributed by atoms with Crippen molar-refractivity contribution in [3.8, 4) is 0 Å². The number of hydrogen-bond donors (Lipinski definition) is 1. The van der Waals surface area contributed by atoms with Gasteiger partial charge in [-0.1, -0.05) is 17.7 Å². The third-order valence-electron chi connectivity index (χ3n) is 2.35. The SMILES string of the molecule is Cc1ccc(S(=O)(=O)CCOC(=O)C(C)N)cc1. The van der Waals surface area contributed by atoms with Gasteiger partial charge in [-0.25, -0.2) is 8.42 Å². The zero-order valence-corrected chi connectivity index (χ0v) is 11.2. The number of nitrogens with two attached hydrogens (primary N) is 1. The molecule has 0 saturated heterocycles. The van der Waals surface area contributed by atoms with Gasteiger partial charge in [0.2, 0.25) is 0 Å². The third-order valence-corrected chi connectivity index (χ3v) is 4.04. The Labute approximate surface area is 107 Å². The molecule has 0 aliphatic rings. The molecular formula is C12H17NO4S. The first-order valence-corrected chi connectivity index (χ1v) is 7.20. The van der Waals surface area contributed by atoms with Crippen molar-refractivity contribution in [2.24, 2.45) is 5.73 Å². The molecule has 0 saturated carbocycles. The molecule has 100 valence electrons. The first-order chi connectivity index (χ1) is 8.33. The van der Waals surface area contributed by atoms with Crippen LogP contribution in [0.3, 0.4) is 0 Å². The van der Waals surface area contributed by atoms with Gasteiger partial charge < -0.3 is 10.5 Å². The number of sulfone groups is 1. The Morgan fingerprint density at radius 3 is 2.39 bits per heavy atom. The van der Waals surface area contributed by atoms with Crippen LogP contribution >= 0.6 is 0 Å². The van der Waals surface area contributed by atoms with Crippen LogP contribution < -0.4 is 5.73 Å². The van der Waals surface area contributed by atoms with Crippen LogP contribution in [0.1, 0.15) is 12.5 Å². The molecule has 0 aromatic heterocycles. The smallest absolute Gasteiger partial charge is 0.322 e. The Hall–Kier alpha value is -1.40. The van der Waals surface area contributed by atoms with E-state index in [1.54, 1.807) is 12.1 Å². The number of hydrogen-bond acceptors (Lipinski definition) is 5. The van der Waals surface area contributed by atoms with Gasteiger partial charge in [-0.2, -0.15) is 0 Å². The van der Waals surface area contributed by atoms with Crippen molar-refractivity contribution in [3.63, 3.8) is 0 Å². The Balaban J connectivity index is 2.61. The van der Waals surface area contributed by atoms with E-state index < -0.39 is 21.8 Å². The highest BCUT2D eigenvalue weighted by molar-refractivity contribution is 7.91. The van der Waals surface area contributed by atoms with Crippen LogP contribution in [0.4, 0.5) is 0 Å². The highest BCUT2D eigenvalue weighted by Gasteiger charge is 2.16. The number of benzene rings is 1. The molecule has 6 heteroatoms. The normalized spacial score (nSPS) is 13.1. The van der Waals surface area contributed by atoms with Gasteiger partial charge in [0.1, 0.15) is 12.6 Å². The van der Waals surface area contributed by atoms with Crippen LogP contribution in [0, 0.1) is 6.92 Å². The molecule has 2 N–H and O–H groups in total. The molecule has 0 heterocycles. The van der Waals surface area contributed by atoms with Crippen LogP contribution in [-0.4, -0.2) is 32.8 Å². The van der Waals surface area contributed by atoms with Crippen molar-refractivity contribution in [1.29, 1.82) is 0 Å². The number of carbonyl (C=O) groups excluding carboxylic acids is 1. The first kappa shape index (κ1) is 14.7. The summed E-state index contributed by atoms with van der Waals surface area (Å²) in [6.45, 7) is 3.17. The molecule has 1 aromatic rings. The molecule has 0 bridgehead atoms. The van der Waals surface area contributed by atoms with Crippen molar-refractivity contribution in [2.45, 2.75) is 24.8 Å². The minimum absolute atomic E-state index is 0.184. The molecule has 0 radical (unpaired) electrons. The van der Waals surface area contributed by atoms with E-state index >= 15 is 0 Å². The first-order valence-electron chi connectivity index (χ1n) is 5.54. The summed E-state index contributed by atoms with van der Waals surface area (Å²) in [7, 11) is -3.42. The summed E-state index contributed by atoms with van der Waals surface area (Å²) in [5.41, 5.74) is 6.27. The average molecular weight is 271 g/mol. The van der Waals surface area contributed by atoms with Gasteiger partial charge in [-0.05, 0) is 26.0 Å². The lowest BCUT2D eigenvalue weighted by atomic mass is 10.2. The number of ether oxygens (including phenoxy) is 1. The van der Waals surface area contributed by atoms with Gasteiger partial charge in [0.05, 0.1) is 10.6 Å². The summed E-state index contributed by atoms with van der Waals surface area (Å²) in [5, 5.41) is 0. The predicted molar refractivity (Wildman–Crippen MR) is 67.8 cm³/mol. The highest BCUT2D eigenvalue weighted by Crippen LogP contribution is 2.12. The number of carbonyl (C=O) groups is 1. The van der Waals surface area contributed by atoms with E-state index in [4.69, 9.17) is 10.5 Å². The molecule has 1 rings (SSSR count). The minimum Gasteiger partial charge on any atom is -0.463 e. The number of aryl methyl sites for hydroxylation is 1. The van der Waals surface area contributed by atoms with Crippen LogP contribution in [0.2, 0.25) is 0 Å². The van der Waals surface area contributed by atoms with Crippen molar-refractivity contribution in [3.05, 3.63) is 29.8 Å². The lowest BCUT2D eigenvalue weighted by Gasteiger charge is -2.08. The maximum Gasteiger partial charge on any atom is 0.322 e. The maximum atomic E-state index is 11.9. The molecule has 1 aromatic carbocycles. The van der Waals surface area contributed by atoms with E-state index in [9.17, 15) is 13.2 Å². The van der Waals surface area contributed by atoms with Gasteiger partial charge in [0, 0.05) is 0 Å². The van der Waals surface area contributed by atoms with E-state index in [1.807, 2.05) is 6.92 Å². The summed E-state index contributed by atoms with van der Waals surface area (Å²) in [4.78, 5) is 11.3. The molecule has 1 atom stereocenters. The molecule has 0 spiro atoms. The second-order valence-corrected chi connectivity index (χ2v) is 6.20. The number of esters is 1. The predicted octanol–water partition coefficient (Wildman–Crippen LogP) is 0.659. The van der Waals surface area contributed by atoms with Gasteiger partial charge in [-0.15, -0.1) is 0 Å². The van der Waals surface area contributed by atoms with E-state index in [1.165, 1.54) is 19.1 Å². The van der Waals surface area contributed by atoms with Gasteiger partial charge in [0.15, 0.2) is 9.84 Å². The largest absolute Gasteiger partial charge is 0.463 e. The van der Waals surface area contributed by atoms with Crippen molar-refractivity contribution in [1.82, 2.24) is 0 Å². The monoisotopic (exact) mass is 271 g/mol. The molecular weight excluding hydrogens is 254 g/mol. The highest BCUT2D eigenvalue weighted by atomic mass is 32.2. The Kier molecular flexibility index (Phi) is 4.86. The average Bonchev–Trinajstić information content (AvgIpc) is 2.29. The van der Waals surface area contributed by atoms with E-state index in [0.717, 1.165) is 5.56 Å². The fraction of sp³-hybridized carbons (Fsp3) is 0.417. The quantitative estimate of drug-likeness (QED) is 0.795. The van der Waals surface area contributed by atoms with Crippen molar-refractivity contribution < 1.29 is 17.9 Å². The maximum absolute atomic E-state index is 11.9. The molecule has 0 aliphatic carbocycles. The summed E-state index contributed by atoms with van der Waals surface area (Å²) < 4.78 is 28.5. The summed E-state index contributed by atoms with van der Waals surface area (Å²) in [6.07, 6.45) is 0. The zero-order valence-electron chi connectivity index (χ0n) is 10.4. The molecule has 0 aliphatic heterocycles. The van der Waals surface area contributed by atoms with Crippen molar-refractivity contribution >= 4 is 15.8 Å². The molecule has 1 unspecified atom stereocenters. The summed E-state index contributed by atoms with van der Waals surface area (Å²) in [5.74, 6) is -0.844. The van der Waals surface area contributed by atoms with Crippen LogP contribution in [0.25, 0.3) is 0 Å². The van der Waals surface area contributed by atoms with E-state index in [2.05, 4.69) is 0 Å². The van der Waals surface area contributed by atoms with Crippen LogP contribution in [-0.2, 0) is 19.4 Å². The Morgan fingerprint density at radius 1 is 1.33 bits per heavy atom. The van der Waals surface area contributed by atoms with Crippen LogP contribution in [0.5, 0.6) is 0 Å². The Bertz CT molecular complexity index is 505. The molecule has 5 nitrogen and oxygen atoms in total. The Morgan fingerprint density at radius 2 is 1.89 bits per heavy atom. The third kappa shape index (κ3) is 4.12. The lowest BCUT2D eigenvalue weighted by Crippen LogP contribution is -2.30. The zero-order chi connectivity index (χ0) is 13.8. The summed E-state index contributed by atoms with van der Waals surface area (Å²) >= 11 is 0. The van der Waals surface area contributed by atoms with Crippen LogP contribution in [0.15, 0.2) is 29.2 Å². The van der Waals surface area contributed by atoms with E-state index in [-0.39, 0.29) is 17.3 Å². The summed E-state index contributed by atoms with van der Waals surface area (Å²) in [6, 6.07) is 5.78.